The molecule has 0 saturated carbocycles. The standard InChI is InChI=1S/C21H22N2O5/c1-23(12-14-10-17(25-2)20(27-4)18(11-14)26-3)21(24)16-13-28-22-19(16)15-8-6-5-7-9-15/h5-11,13H,12H2,1-4H3. The fourth-order valence-corrected chi connectivity index (χ4v) is 2.97. The second kappa shape index (κ2) is 8.47. The Morgan fingerprint density at radius 2 is 1.68 bits per heavy atom. The van der Waals surface area contributed by atoms with Gasteiger partial charge in [-0.2, -0.15) is 0 Å². The van der Waals surface area contributed by atoms with Gasteiger partial charge in [0.15, 0.2) is 11.5 Å². The summed E-state index contributed by atoms with van der Waals surface area (Å²) in [6, 6.07) is 13.1. The highest BCUT2D eigenvalue weighted by Gasteiger charge is 2.22. The molecular formula is C21H22N2O5. The lowest BCUT2D eigenvalue weighted by atomic mass is 10.1. The van der Waals surface area contributed by atoms with Crippen molar-refractivity contribution in [1.29, 1.82) is 0 Å². The van der Waals surface area contributed by atoms with E-state index in [2.05, 4.69) is 5.16 Å². The topological polar surface area (TPSA) is 74.0 Å². The molecule has 1 aromatic heterocycles. The number of amides is 1. The summed E-state index contributed by atoms with van der Waals surface area (Å²) in [5, 5.41) is 4.00. The summed E-state index contributed by atoms with van der Waals surface area (Å²) in [5.41, 5.74) is 2.58. The molecule has 0 bridgehead atoms. The maximum Gasteiger partial charge on any atom is 0.259 e. The zero-order valence-corrected chi connectivity index (χ0v) is 16.3. The quantitative estimate of drug-likeness (QED) is 0.621. The molecule has 28 heavy (non-hydrogen) atoms. The third-order valence-corrected chi connectivity index (χ3v) is 4.34. The highest BCUT2D eigenvalue weighted by molar-refractivity contribution is 5.99. The highest BCUT2D eigenvalue weighted by atomic mass is 16.5. The Morgan fingerprint density at radius 1 is 1.04 bits per heavy atom. The number of hydrogen-bond donors (Lipinski definition) is 0. The number of nitrogens with zero attached hydrogens (tertiary/aromatic N) is 2. The Hall–Kier alpha value is -3.48. The van der Waals surface area contributed by atoms with Crippen LogP contribution < -0.4 is 14.2 Å². The lowest BCUT2D eigenvalue weighted by molar-refractivity contribution is 0.0784. The summed E-state index contributed by atoms with van der Waals surface area (Å²) < 4.78 is 21.2. The first-order chi connectivity index (χ1) is 13.6. The Balaban J connectivity index is 1.86. The lowest BCUT2D eigenvalue weighted by Gasteiger charge is -2.19. The van der Waals surface area contributed by atoms with E-state index in [0.29, 0.717) is 35.1 Å². The molecule has 0 aliphatic carbocycles. The zero-order chi connectivity index (χ0) is 20.1. The molecule has 3 aromatic rings. The smallest absolute Gasteiger partial charge is 0.259 e. The third-order valence-electron chi connectivity index (χ3n) is 4.34. The van der Waals surface area contributed by atoms with Gasteiger partial charge >= 0.3 is 0 Å². The van der Waals surface area contributed by atoms with E-state index in [-0.39, 0.29) is 5.91 Å². The van der Waals surface area contributed by atoms with Gasteiger partial charge in [0.25, 0.3) is 5.91 Å². The monoisotopic (exact) mass is 382 g/mol. The molecule has 1 heterocycles. The zero-order valence-electron chi connectivity index (χ0n) is 16.3. The van der Waals surface area contributed by atoms with Crippen molar-refractivity contribution in [1.82, 2.24) is 10.1 Å². The molecule has 0 N–H and O–H groups in total. The first-order valence-corrected chi connectivity index (χ1v) is 8.63. The van der Waals surface area contributed by atoms with Gasteiger partial charge in [0, 0.05) is 19.2 Å². The van der Waals surface area contributed by atoms with Gasteiger partial charge in [0.1, 0.15) is 17.5 Å². The predicted octanol–water partition coefficient (Wildman–Crippen LogP) is 3.64. The van der Waals surface area contributed by atoms with Gasteiger partial charge in [-0.1, -0.05) is 35.5 Å². The molecular weight excluding hydrogens is 360 g/mol. The maximum absolute atomic E-state index is 13.0. The van der Waals surface area contributed by atoms with E-state index >= 15 is 0 Å². The highest BCUT2D eigenvalue weighted by Crippen LogP contribution is 2.38. The molecule has 7 heteroatoms. The number of aromatic nitrogens is 1. The molecule has 0 fully saturated rings. The van der Waals surface area contributed by atoms with Crippen molar-refractivity contribution in [3.05, 3.63) is 59.9 Å². The minimum absolute atomic E-state index is 0.200. The minimum atomic E-state index is -0.200. The fourth-order valence-electron chi connectivity index (χ4n) is 2.97. The number of benzene rings is 2. The molecule has 146 valence electrons. The molecule has 0 aliphatic rings. The van der Waals surface area contributed by atoms with Crippen LogP contribution in [0.15, 0.2) is 53.3 Å². The Kier molecular flexibility index (Phi) is 5.84. The summed E-state index contributed by atoms with van der Waals surface area (Å²) in [4.78, 5) is 14.6. The summed E-state index contributed by atoms with van der Waals surface area (Å²) in [6.07, 6.45) is 1.37. The first kappa shape index (κ1) is 19.3. The van der Waals surface area contributed by atoms with E-state index in [9.17, 15) is 4.79 Å². The molecule has 0 aliphatic heterocycles. The Bertz CT molecular complexity index is 927. The molecule has 7 nitrogen and oxygen atoms in total. The van der Waals surface area contributed by atoms with E-state index in [1.807, 2.05) is 42.5 Å². The molecule has 3 rings (SSSR count). The van der Waals surface area contributed by atoms with Gasteiger partial charge in [0.2, 0.25) is 5.75 Å². The fraction of sp³-hybridized carbons (Fsp3) is 0.238. The molecule has 0 saturated heterocycles. The molecule has 0 unspecified atom stereocenters. The third kappa shape index (κ3) is 3.78. The Morgan fingerprint density at radius 3 is 2.25 bits per heavy atom. The van der Waals surface area contributed by atoms with Crippen LogP contribution in [0.3, 0.4) is 0 Å². The van der Waals surface area contributed by atoms with Crippen LogP contribution in [0.25, 0.3) is 11.3 Å². The van der Waals surface area contributed by atoms with Gasteiger partial charge in [-0.3, -0.25) is 4.79 Å². The van der Waals surface area contributed by atoms with Gasteiger partial charge in [-0.15, -0.1) is 0 Å². The number of carbonyl (C=O) groups is 1. The number of ether oxygens (including phenoxy) is 3. The van der Waals surface area contributed by atoms with Crippen molar-refractivity contribution in [2.75, 3.05) is 28.4 Å². The molecule has 2 aromatic carbocycles. The van der Waals surface area contributed by atoms with Gasteiger partial charge in [-0.05, 0) is 17.7 Å². The van der Waals surface area contributed by atoms with Crippen LogP contribution in [0.5, 0.6) is 17.2 Å². The van der Waals surface area contributed by atoms with Crippen LogP contribution >= 0.6 is 0 Å². The average Bonchev–Trinajstić information content (AvgIpc) is 3.22. The van der Waals surface area contributed by atoms with E-state index in [1.54, 1.807) is 33.3 Å². The molecule has 0 radical (unpaired) electrons. The second-order valence-electron chi connectivity index (χ2n) is 6.14. The molecule has 0 atom stereocenters. The van der Waals surface area contributed by atoms with Crippen molar-refractivity contribution < 1.29 is 23.5 Å². The summed E-state index contributed by atoms with van der Waals surface area (Å²) in [6.45, 7) is 0.342. The van der Waals surface area contributed by atoms with Crippen LogP contribution in [-0.2, 0) is 6.54 Å². The minimum Gasteiger partial charge on any atom is -0.493 e. The number of hydrogen-bond acceptors (Lipinski definition) is 6. The van der Waals surface area contributed by atoms with Crippen LogP contribution in [0.4, 0.5) is 0 Å². The lowest BCUT2D eigenvalue weighted by Crippen LogP contribution is -2.26. The predicted molar refractivity (Wildman–Crippen MR) is 104 cm³/mol. The number of methoxy groups -OCH3 is 3. The molecule has 0 spiro atoms. The van der Waals surface area contributed by atoms with E-state index < -0.39 is 0 Å². The summed E-state index contributed by atoms with van der Waals surface area (Å²) in [5.74, 6) is 1.38. The van der Waals surface area contributed by atoms with Crippen molar-refractivity contribution in [3.8, 4) is 28.5 Å². The van der Waals surface area contributed by atoms with Crippen LogP contribution in [0.2, 0.25) is 0 Å². The summed E-state index contributed by atoms with van der Waals surface area (Å²) >= 11 is 0. The SMILES string of the molecule is COc1cc(CN(C)C(=O)c2conc2-c2ccccc2)cc(OC)c1OC. The van der Waals surface area contributed by atoms with E-state index in [1.165, 1.54) is 6.26 Å². The van der Waals surface area contributed by atoms with Gasteiger partial charge in [-0.25, -0.2) is 0 Å². The maximum atomic E-state index is 13.0. The van der Waals surface area contributed by atoms with Crippen LogP contribution in [0, 0.1) is 0 Å². The van der Waals surface area contributed by atoms with Crippen molar-refractivity contribution in [3.63, 3.8) is 0 Å². The van der Waals surface area contributed by atoms with Gasteiger partial charge in [0.05, 0.1) is 21.3 Å². The first-order valence-electron chi connectivity index (χ1n) is 8.63. The average molecular weight is 382 g/mol. The summed E-state index contributed by atoms with van der Waals surface area (Å²) in [7, 11) is 6.37. The second-order valence-corrected chi connectivity index (χ2v) is 6.14. The number of carbonyl (C=O) groups excluding carboxylic acids is 1. The van der Waals surface area contributed by atoms with E-state index in [4.69, 9.17) is 18.7 Å². The number of rotatable bonds is 7. The van der Waals surface area contributed by atoms with Crippen molar-refractivity contribution in [2.45, 2.75) is 6.54 Å². The van der Waals surface area contributed by atoms with Gasteiger partial charge < -0.3 is 23.6 Å². The normalized spacial score (nSPS) is 10.4. The Labute approximate surface area is 163 Å². The molecule has 1 amide bonds. The van der Waals surface area contributed by atoms with Crippen LogP contribution in [-0.4, -0.2) is 44.3 Å². The van der Waals surface area contributed by atoms with Crippen LogP contribution in [0.1, 0.15) is 15.9 Å². The largest absolute Gasteiger partial charge is 0.493 e. The van der Waals surface area contributed by atoms with Crippen molar-refractivity contribution >= 4 is 5.91 Å². The van der Waals surface area contributed by atoms with E-state index in [0.717, 1.165) is 11.1 Å². The van der Waals surface area contributed by atoms with Crippen molar-refractivity contribution in [2.24, 2.45) is 0 Å².